The number of benzene rings is 1. The van der Waals surface area contributed by atoms with E-state index in [2.05, 4.69) is 14.8 Å². The van der Waals surface area contributed by atoms with Crippen LogP contribution in [0.5, 0.6) is 0 Å². The number of carboxylic acid groups (broad SMARTS) is 1. The van der Waals surface area contributed by atoms with E-state index in [1.54, 1.807) is 0 Å². The zero-order chi connectivity index (χ0) is 18.1. The molecule has 7 nitrogen and oxygen atoms in total. The van der Waals surface area contributed by atoms with Crippen molar-refractivity contribution in [3.63, 3.8) is 0 Å². The number of aliphatic carboxylic acids is 1. The fourth-order valence-corrected chi connectivity index (χ4v) is 3.99. The number of rotatable bonds is 3. The molecule has 1 saturated carbocycles. The SMILES string of the molecule is O=C(O)C1CCC(C(=O)N2CCn3c(nnc3-c3ccccc3)C2)CC1. The Morgan fingerprint density at radius 2 is 1.65 bits per heavy atom. The quantitative estimate of drug-likeness (QED) is 0.913. The van der Waals surface area contributed by atoms with Crippen LogP contribution in [0.15, 0.2) is 30.3 Å². The van der Waals surface area contributed by atoms with Gasteiger partial charge in [-0.2, -0.15) is 0 Å². The van der Waals surface area contributed by atoms with Crippen molar-refractivity contribution in [2.45, 2.75) is 38.8 Å². The second-order valence-corrected chi connectivity index (χ2v) is 7.10. The summed E-state index contributed by atoms with van der Waals surface area (Å²) in [7, 11) is 0. The number of carbonyl (C=O) groups excluding carboxylic acids is 1. The van der Waals surface area contributed by atoms with E-state index < -0.39 is 5.97 Å². The first-order chi connectivity index (χ1) is 12.6. The standard InChI is InChI=1S/C19H22N4O3/c24-18(14-6-8-15(9-7-14)19(25)26)22-10-11-23-16(12-22)20-21-17(23)13-4-2-1-3-5-13/h1-5,14-15H,6-12H2,(H,25,26). The predicted octanol–water partition coefficient (Wildman–Crippen LogP) is 2.18. The van der Waals surface area contributed by atoms with E-state index >= 15 is 0 Å². The molecule has 26 heavy (non-hydrogen) atoms. The van der Waals surface area contributed by atoms with Crippen molar-refractivity contribution in [3.8, 4) is 11.4 Å². The maximum Gasteiger partial charge on any atom is 0.306 e. The van der Waals surface area contributed by atoms with Crippen LogP contribution in [0, 0.1) is 11.8 Å². The molecule has 0 saturated heterocycles. The molecule has 1 aromatic carbocycles. The number of fused-ring (bicyclic) bond motifs is 1. The summed E-state index contributed by atoms with van der Waals surface area (Å²) in [6.45, 7) is 1.79. The summed E-state index contributed by atoms with van der Waals surface area (Å²) < 4.78 is 2.08. The molecule has 0 radical (unpaired) electrons. The molecule has 2 heterocycles. The van der Waals surface area contributed by atoms with Crippen molar-refractivity contribution in [2.75, 3.05) is 6.54 Å². The molecule has 0 spiro atoms. The lowest BCUT2D eigenvalue weighted by molar-refractivity contribution is -0.146. The van der Waals surface area contributed by atoms with Crippen LogP contribution in [0.3, 0.4) is 0 Å². The van der Waals surface area contributed by atoms with Gasteiger partial charge in [0.1, 0.15) is 0 Å². The Bertz CT molecular complexity index is 809. The number of carboxylic acids is 1. The van der Waals surface area contributed by atoms with E-state index in [9.17, 15) is 9.59 Å². The average molecular weight is 354 g/mol. The van der Waals surface area contributed by atoms with Crippen molar-refractivity contribution in [3.05, 3.63) is 36.2 Å². The van der Waals surface area contributed by atoms with Crippen LogP contribution >= 0.6 is 0 Å². The molecule has 7 heteroatoms. The second kappa shape index (κ2) is 6.90. The van der Waals surface area contributed by atoms with Gasteiger partial charge in [-0.05, 0) is 25.7 Å². The smallest absolute Gasteiger partial charge is 0.306 e. The third-order valence-electron chi connectivity index (χ3n) is 5.52. The molecule has 2 aliphatic rings. The van der Waals surface area contributed by atoms with Crippen LogP contribution in [0.4, 0.5) is 0 Å². The molecule has 1 aliphatic carbocycles. The Morgan fingerprint density at radius 1 is 0.962 bits per heavy atom. The first-order valence-electron chi connectivity index (χ1n) is 9.12. The molecular weight excluding hydrogens is 332 g/mol. The zero-order valence-corrected chi connectivity index (χ0v) is 14.5. The number of aromatic nitrogens is 3. The second-order valence-electron chi connectivity index (χ2n) is 7.10. The molecule has 0 bridgehead atoms. The molecule has 1 fully saturated rings. The summed E-state index contributed by atoms with van der Waals surface area (Å²) in [6.07, 6.45) is 2.50. The highest BCUT2D eigenvalue weighted by atomic mass is 16.4. The number of carbonyl (C=O) groups is 2. The predicted molar refractivity (Wildman–Crippen MR) is 94.0 cm³/mol. The highest BCUT2D eigenvalue weighted by molar-refractivity contribution is 5.79. The van der Waals surface area contributed by atoms with Gasteiger partial charge in [-0.1, -0.05) is 30.3 Å². The summed E-state index contributed by atoms with van der Waals surface area (Å²) >= 11 is 0. The normalized spacial score (nSPS) is 22.7. The van der Waals surface area contributed by atoms with Crippen molar-refractivity contribution in [2.24, 2.45) is 11.8 Å². The van der Waals surface area contributed by atoms with Crippen molar-refractivity contribution >= 4 is 11.9 Å². The van der Waals surface area contributed by atoms with Crippen LogP contribution in [0.2, 0.25) is 0 Å². The Labute approximate surface area is 151 Å². The molecule has 136 valence electrons. The molecule has 0 unspecified atom stereocenters. The molecule has 1 N–H and O–H groups in total. The summed E-state index contributed by atoms with van der Waals surface area (Å²) in [5, 5.41) is 17.7. The molecular formula is C19H22N4O3. The maximum atomic E-state index is 12.8. The Hall–Kier alpha value is -2.70. The minimum atomic E-state index is -0.740. The summed E-state index contributed by atoms with van der Waals surface area (Å²) in [4.78, 5) is 25.8. The van der Waals surface area contributed by atoms with E-state index in [0.29, 0.717) is 45.3 Å². The molecule has 1 aromatic heterocycles. The van der Waals surface area contributed by atoms with E-state index in [-0.39, 0.29) is 17.7 Å². The van der Waals surface area contributed by atoms with Gasteiger partial charge >= 0.3 is 5.97 Å². The van der Waals surface area contributed by atoms with Gasteiger partial charge in [-0.3, -0.25) is 9.59 Å². The Kier molecular flexibility index (Phi) is 4.44. The fourth-order valence-electron chi connectivity index (χ4n) is 3.99. The van der Waals surface area contributed by atoms with Gasteiger partial charge in [0.15, 0.2) is 11.6 Å². The topological polar surface area (TPSA) is 88.3 Å². The molecule has 1 aliphatic heterocycles. The van der Waals surface area contributed by atoms with Crippen LogP contribution in [-0.2, 0) is 22.7 Å². The summed E-state index contributed by atoms with van der Waals surface area (Å²) in [6, 6.07) is 9.94. The van der Waals surface area contributed by atoms with Gasteiger partial charge in [0.2, 0.25) is 5.91 Å². The van der Waals surface area contributed by atoms with E-state index in [1.165, 1.54) is 0 Å². The van der Waals surface area contributed by atoms with Gasteiger partial charge in [0.25, 0.3) is 0 Å². The van der Waals surface area contributed by atoms with Gasteiger partial charge in [-0.25, -0.2) is 0 Å². The lowest BCUT2D eigenvalue weighted by Crippen LogP contribution is -2.43. The van der Waals surface area contributed by atoms with Crippen molar-refractivity contribution < 1.29 is 14.7 Å². The van der Waals surface area contributed by atoms with Crippen LogP contribution in [-0.4, -0.2) is 43.2 Å². The first kappa shape index (κ1) is 16.8. The van der Waals surface area contributed by atoms with Gasteiger partial charge in [0.05, 0.1) is 12.5 Å². The van der Waals surface area contributed by atoms with Crippen LogP contribution < -0.4 is 0 Å². The number of hydrogen-bond donors (Lipinski definition) is 1. The van der Waals surface area contributed by atoms with E-state index in [1.807, 2.05) is 35.2 Å². The highest BCUT2D eigenvalue weighted by Crippen LogP contribution is 2.31. The van der Waals surface area contributed by atoms with Gasteiger partial charge in [0, 0.05) is 24.6 Å². The highest BCUT2D eigenvalue weighted by Gasteiger charge is 2.34. The van der Waals surface area contributed by atoms with Crippen molar-refractivity contribution in [1.29, 1.82) is 0 Å². The third-order valence-corrected chi connectivity index (χ3v) is 5.52. The molecule has 0 atom stereocenters. The Morgan fingerprint density at radius 3 is 2.35 bits per heavy atom. The van der Waals surface area contributed by atoms with Crippen LogP contribution in [0.1, 0.15) is 31.5 Å². The minimum Gasteiger partial charge on any atom is -0.481 e. The molecule has 2 aromatic rings. The zero-order valence-electron chi connectivity index (χ0n) is 14.5. The van der Waals surface area contributed by atoms with Gasteiger partial charge < -0.3 is 14.6 Å². The van der Waals surface area contributed by atoms with Crippen LogP contribution in [0.25, 0.3) is 11.4 Å². The number of hydrogen-bond acceptors (Lipinski definition) is 4. The van der Waals surface area contributed by atoms with E-state index in [4.69, 9.17) is 5.11 Å². The largest absolute Gasteiger partial charge is 0.481 e. The monoisotopic (exact) mass is 354 g/mol. The Balaban J connectivity index is 1.44. The van der Waals surface area contributed by atoms with Gasteiger partial charge in [-0.15, -0.1) is 10.2 Å². The lowest BCUT2D eigenvalue weighted by Gasteiger charge is -2.33. The molecule has 1 amide bonds. The summed E-state index contributed by atoms with van der Waals surface area (Å²) in [5.41, 5.74) is 1.03. The number of amides is 1. The maximum absolute atomic E-state index is 12.8. The van der Waals surface area contributed by atoms with E-state index in [0.717, 1.165) is 17.2 Å². The first-order valence-corrected chi connectivity index (χ1v) is 9.12. The third kappa shape index (κ3) is 3.09. The summed E-state index contributed by atoms with van der Waals surface area (Å²) in [5.74, 6) is 0.683. The fraction of sp³-hybridized carbons (Fsp3) is 0.474. The van der Waals surface area contributed by atoms with Crippen molar-refractivity contribution in [1.82, 2.24) is 19.7 Å². The molecule has 4 rings (SSSR count). The average Bonchev–Trinajstić information content (AvgIpc) is 3.11. The minimum absolute atomic E-state index is 0.0614. The number of nitrogens with zero attached hydrogens (tertiary/aromatic N) is 4. The lowest BCUT2D eigenvalue weighted by atomic mass is 9.81.